The van der Waals surface area contributed by atoms with Gasteiger partial charge in [0.1, 0.15) is 11.9 Å². The number of aromatic nitrogens is 1. The second-order valence-corrected chi connectivity index (χ2v) is 5.18. The molecular weight excluding hydrogens is 302 g/mol. The fraction of sp³-hybridized carbons (Fsp3) is 0.316. The van der Waals surface area contributed by atoms with E-state index in [2.05, 4.69) is 16.9 Å². The molecule has 126 valence electrons. The lowest BCUT2D eigenvalue weighted by atomic mass is 10.1. The first kappa shape index (κ1) is 17.7. The van der Waals surface area contributed by atoms with E-state index in [0.29, 0.717) is 18.7 Å². The number of rotatable bonds is 3. The highest BCUT2D eigenvalue weighted by Crippen LogP contribution is 2.37. The molecule has 1 aromatic heterocycles. The lowest BCUT2D eigenvalue weighted by molar-refractivity contribution is -0.135. The maximum atomic E-state index is 12.3. The van der Waals surface area contributed by atoms with Crippen molar-refractivity contribution in [3.8, 4) is 0 Å². The summed E-state index contributed by atoms with van der Waals surface area (Å²) in [6.07, 6.45) is 4.27. The number of carbonyl (C=O) groups is 2. The van der Waals surface area contributed by atoms with Gasteiger partial charge in [-0.05, 0) is 19.4 Å². The largest absolute Gasteiger partial charge is 0.313 e. The van der Waals surface area contributed by atoms with Crippen molar-refractivity contribution in [3.05, 3.63) is 36.4 Å². The molecule has 3 rings (SSSR count). The molecule has 5 nitrogen and oxygen atoms in total. The molecule has 1 unspecified atom stereocenters. The summed E-state index contributed by atoms with van der Waals surface area (Å²) in [6.45, 7) is 9.70. The molecule has 0 aliphatic carbocycles. The fourth-order valence-electron chi connectivity index (χ4n) is 2.98. The lowest BCUT2D eigenvalue weighted by Crippen LogP contribution is -2.41. The van der Waals surface area contributed by atoms with Gasteiger partial charge >= 0.3 is 0 Å². The first-order valence-electron chi connectivity index (χ1n) is 8.25. The SMILES string of the molecule is C=Cc1c(/N=C\C)n(C2CCC(=O)NC2=O)c2ccccc12.CC. The number of fused-ring (bicyclic) bond motifs is 1. The Morgan fingerprint density at radius 3 is 2.62 bits per heavy atom. The first-order valence-corrected chi connectivity index (χ1v) is 8.25. The zero-order valence-electron chi connectivity index (χ0n) is 14.4. The Bertz CT molecular complexity index is 802. The zero-order chi connectivity index (χ0) is 17.7. The van der Waals surface area contributed by atoms with Crippen LogP contribution in [0.15, 0.2) is 35.8 Å². The van der Waals surface area contributed by atoms with Crippen molar-refractivity contribution in [2.24, 2.45) is 4.99 Å². The van der Waals surface area contributed by atoms with E-state index in [1.165, 1.54) is 0 Å². The average Bonchev–Trinajstić information content (AvgIpc) is 2.90. The number of piperidine rings is 1. The normalized spacial score (nSPS) is 17.5. The lowest BCUT2D eigenvalue weighted by Gasteiger charge is -2.24. The van der Waals surface area contributed by atoms with E-state index in [1.807, 2.05) is 49.6 Å². The molecule has 1 fully saturated rings. The monoisotopic (exact) mass is 325 g/mol. The van der Waals surface area contributed by atoms with Gasteiger partial charge in [0.15, 0.2) is 0 Å². The highest BCUT2D eigenvalue weighted by molar-refractivity contribution is 6.02. The van der Waals surface area contributed by atoms with Crippen LogP contribution in [0.2, 0.25) is 0 Å². The van der Waals surface area contributed by atoms with Crippen LogP contribution in [0.1, 0.15) is 45.2 Å². The van der Waals surface area contributed by atoms with Gasteiger partial charge in [0.2, 0.25) is 11.8 Å². The van der Waals surface area contributed by atoms with Crippen molar-refractivity contribution in [1.82, 2.24) is 9.88 Å². The molecule has 24 heavy (non-hydrogen) atoms. The molecule has 2 amide bonds. The van der Waals surface area contributed by atoms with Gasteiger partial charge in [-0.15, -0.1) is 0 Å². The van der Waals surface area contributed by atoms with Crippen LogP contribution >= 0.6 is 0 Å². The van der Waals surface area contributed by atoms with Crippen LogP contribution in [-0.4, -0.2) is 22.6 Å². The van der Waals surface area contributed by atoms with E-state index in [1.54, 1.807) is 12.3 Å². The third-order valence-corrected chi connectivity index (χ3v) is 3.90. The van der Waals surface area contributed by atoms with Gasteiger partial charge in [0, 0.05) is 23.6 Å². The summed E-state index contributed by atoms with van der Waals surface area (Å²) in [5.41, 5.74) is 1.82. The zero-order valence-corrected chi connectivity index (χ0v) is 14.4. The molecule has 0 spiro atoms. The first-order chi connectivity index (χ1) is 11.7. The van der Waals surface area contributed by atoms with Gasteiger partial charge < -0.3 is 4.57 Å². The number of aliphatic imine (C=N–C) groups is 1. The second-order valence-electron chi connectivity index (χ2n) is 5.18. The van der Waals surface area contributed by atoms with Crippen molar-refractivity contribution >= 4 is 40.8 Å². The average molecular weight is 325 g/mol. The van der Waals surface area contributed by atoms with E-state index in [0.717, 1.165) is 16.5 Å². The Labute approximate surface area is 142 Å². The van der Waals surface area contributed by atoms with Crippen LogP contribution in [0.4, 0.5) is 5.82 Å². The topological polar surface area (TPSA) is 63.5 Å². The summed E-state index contributed by atoms with van der Waals surface area (Å²) in [6, 6.07) is 7.39. The number of carbonyl (C=O) groups excluding carboxylic acids is 2. The Hall–Kier alpha value is -2.69. The standard InChI is InChI=1S/C17H17N3O2.C2H6/c1-3-11-12-7-5-6-8-13(12)20(16(11)18-4-2)14-9-10-15(21)19-17(14)22;1-2/h3-8,14H,1,9-10H2,2H3,(H,19,21,22);1-2H3/b18-4-;. The van der Waals surface area contributed by atoms with E-state index in [9.17, 15) is 9.59 Å². The predicted octanol–water partition coefficient (Wildman–Crippen LogP) is 4.01. The molecule has 0 bridgehead atoms. The van der Waals surface area contributed by atoms with Crippen LogP contribution in [0.5, 0.6) is 0 Å². The minimum Gasteiger partial charge on any atom is -0.313 e. The third-order valence-electron chi connectivity index (χ3n) is 3.90. The van der Waals surface area contributed by atoms with Gasteiger partial charge in [-0.1, -0.05) is 44.7 Å². The van der Waals surface area contributed by atoms with E-state index >= 15 is 0 Å². The Balaban J connectivity index is 0.00000100. The maximum Gasteiger partial charge on any atom is 0.249 e. The van der Waals surface area contributed by atoms with Crippen molar-refractivity contribution in [2.75, 3.05) is 0 Å². The van der Waals surface area contributed by atoms with Gasteiger partial charge in [-0.3, -0.25) is 14.9 Å². The van der Waals surface area contributed by atoms with Gasteiger partial charge in [-0.25, -0.2) is 4.99 Å². The van der Waals surface area contributed by atoms with Crippen molar-refractivity contribution < 1.29 is 9.59 Å². The van der Waals surface area contributed by atoms with Crippen LogP contribution in [0.3, 0.4) is 0 Å². The molecule has 1 atom stereocenters. The smallest absolute Gasteiger partial charge is 0.249 e. The Morgan fingerprint density at radius 2 is 2.00 bits per heavy atom. The van der Waals surface area contributed by atoms with Crippen molar-refractivity contribution in [1.29, 1.82) is 0 Å². The predicted molar refractivity (Wildman–Crippen MR) is 98.6 cm³/mol. The molecule has 2 aromatic rings. The molecule has 1 aliphatic heterocycles. The summed E-state index contributed by atoms with van der Waals surface area (Å²) in [5.74, 6) is 0.204. The molecule has 1 N–H and O–H groups in total. The number of hydrogen-bond donors (Lipinski definition) is 1. The number of benzene rings is 1. The second kappa shape index (κ2) is 7.73. The van der Waals surface area contributed by atoms with E-state index in [4.69, 9.17) is 0 Å². The molecule has 1 aliphatic rings. The number of imide groups is 1. The summed E-state index contributed by atoms with van der Waals surface area (Å²) >= 11 is 0. The van der Waals surface area contributed by atoms with Crippen LogP contribution in [-0.2, 0) is 9.59 Å². The van der Waals surface area contributed by atoms with E-state index < -0.39 is 6.04 Å². The quantitative estimate of drug-likeness (QED) is 0.684. The number of para-hydroxylation sites is 1. The van der Waals surface area contributed by atoms with Crippen molar-refractivity contribution in [3.63, 3.8) is 0 Å². The highest BCUT2D eigenvalue weighted by Gasteiger charge is 2.31. The molecule has 2 heterocycles. The summed E-state index contributed by atoms with van der Waals surface area (Å²) in [4.78, 5) is 28.1. The van der Waals surface area contributed by atoms with Crippen LogP contribution in [0, 0.1) is 0 Å². The summed E-state index contributed by atoms with van der Waals surface area (Å²) in [5, 5.41) is 3.42. The van der Waals surface area contributed by atoms with Gasteiger partial charge in [-0.2, -0.15) is 0 Å². The molecule has 1 aromatic carbocycles. The number of nitrogens with one attached hydrogen (secondary N) is 1. The summed E-state index contributed by atoms with van der Waals surface area (Å²) < 4.78 is 1.91. The Morgan fingerprint density at radius 1 is 1.29 bits per heavy atom. The van der Waals surface area contributed by atoms with Crippen LogP contribution in [0.25, 0.3) is 17.0 Å². The maximum absolute atomic E-state index is 12.3. The molecular formula is C19H23N3O2. The van der Waals surface area contributed by atoms with Gasteiger partial charge in [0.25, 0.3) is 0 Å². The van der Waals surface area contributed by atoms with Crippen molar-refractivity contribution in [2.45, 2.75) is 39.7 Å². The number of hydrogen-bond acceptors (Lipinski definition) is 3. The molecule has 5 heteroatoms. The molecule has 0 radical (unpaired) electrons. The minimum atomic E-state index is -0.435. The third kappa shape index (κ3) is 3.02. The van der Waals surface area contributed by atoms with E-state index in [-0.39, 0.29) is 11.8 Å². The number of nitrogens with zero attached hydrogens (tertiary/aromatic N) is 2. The minimum absolute atomic E-state index is 0.220. The Kier molecular flexibility index (Phi) is 5.68. The number of amides is 2. The summed E-state index contributed by atoms with van der Waals surface area (Å²) in [7, 11) is 0. The van der Waals surface area contributed by atoms with Gasteiger partial charge in [0.05, 0.1) is 5.52 Å². The van der Waals surface area contributed by atoms with Crippen LogP contribution < -0.4 is 5.32 Å². The fourth-order valence-corrected chi connectivity index (χ4v) is 2.98. The molecule has 1 saturated heterocycles. The molecule has 0 saturated carbocycles. The highest BCUT2D eigenvalue weighted by atomic mass is 16.2.